The third kappa shape index (κ3) is 1.68. The first-order valence-corrected chi connectivity index (χ1v) is 6.45. The predicted octanol–water partition coefficient (Wildman–Crippen LogP) is 3.29. The Hall–Kier alpha value is -1.84. The van der Waals surface area contributed by atoms with Gasteiger partial charge in [-0.25, -0.2) is 4.98 Å². The van der Waals surface area contributed by atoms with Gasteiger partial charge in [-0.05, 0) is 38.3 Å². The Kier molecular flexibility index (Phi) is 2.78. The summed E-state index contributed by atoms with van der Waals surface area (Å²) in [6.45, 7) is 2.02. The molecule has 1 aromatic carbocycles. The van der Waals surface area contributed by atoms with E-state index in [2.05, 4.69) is 20.8 Å². The van der Waals surface area contributed by atoms with Gasteiger partial charge in [-0.2, -0.15) is 0 Å². The highest BCUT2D eigenvalue weighted by Gasteiger charge is 2.25. The van der Waals surface area contributed by atoms with Crippen molar-refractivity contribution in [3.8, 4) is 0 Å². The molecule has 1 heterocycles. The number of fused-ring (bicyclic) bond motifs is 1. The second kappa shape index (κ2) is 4.44. The van der Waals surface area contributed by atoms with E-state index in [1.165, 1.54) is 6.42 Å². The van der Waals surface area contributed by atoms with Crippen LogP contribution in [-0.4, -0.2) is 20.5 Å². The summed E-state index contributed by atoms with van der Waals surface area (Å²) in [7, 11) is 0. The molecule has 0 spiro atoms. The SMILES string of the molecule is Cc1nc2ccccc2n1[C@H]1CCCC/C1=N/O. The van der Waals surface area contributed by atoms with Crippen molar-refractivity contribution in [2.24, 2.45) is 5.16 Å². The Balaban J connectivity index is 2.15. The van der Waals surface area contributed by atoms with E-state index < -0.39 is 0 Å². The fourth-order valence-electron chi connectivity index (χ4n) is 2.93. The molecule has 94 valence electrons. The fraction of sp³-hybridized carbons (Fsp3) is 0.429. The average Bonchev–Trinajstić information content (AvgIpc) is 2.74. The van der Waals surface area contributed by atoms with E-state index in [-0.39, 0.29) is 6.04 Å². The Morgan fingerprint density at radius 3 is 3.00 bits per heavy atom. The van der Waals surface area contributed by atoms with E-state index in [9.17, 15) is 5.21 Å². The molecule has 3 rings (SSSR count). The van der Waals surface area contributed by atoms with Gasteiger partial charge in [-0.15, -0.1) is 0 Å². The summed E-state index contributed by atoms with van der Waals surface area (Å²) >= 11 is 0. The molecule has 0 saturated heterocycles. The van der Waals surface area contributed by atoms with Crippen molar-refractivity contribution < 1.29 is 5.21 Å². The lowest BCUT2D eigenvalue weighted by atomic mass is 9.93. The first kappa shape index (κ1) is 11.3. The number of hydrogen-bond acceptors (Lipinski definition) is 3. The number of imidazole rings is 1. The summed E-state index contributed by atoms with van der Waals surface area (Å²) in [4.78, 5) is 4.58. The van der Waals surface area contributed by atoms with Crippen LogP contribution in [0.15, 0.2) is 29.4 Å². The number of hydrogen-bond donors (Lipinski definition) is 1. The minimum atomic E-state index is 0.163. The van der Waals surface area contributed by atoms with Gasteiger partial charge in [0.25, 0.3) is 0 Å². The zero-order valence-electron chi connectivity index (χ0n) is 10.5. The number of nitrogens with zero attached hydrogens (tertiary/aromatic N) is 3. The molecule has 4 heteroatoms. The first-order chi connectivity index (χ1) is 8.81. The average molecular weight is 243 g/mol. The molecule has 0 aliphatic heterocycles. The van der Waals surface area contributed by atoms with Crippen molar-refractivity contribution in [3.63, 3.8) is 0 Å². The first-order valence-electron chi connectivity index (χ1n) is 6.45. The quantitative estimate of drug-likeness (QED) is 0.617. The van der Waals surface area contributed by atoms with Gasteiger partial charge in [-0.3, -0.25) is 0 Å². The fourth-order valence-corrected chi connectivity index (χ4v) is 2.93. The van der Waals surface area contributed by atoms with Crippen LogP contribution < -0.4 is 0 Å². The molecule has 0 radical (unpaired) electrons. The lowest BCUT2D eigenvalue weighted by molar-refractivity contribution is 0.308. The molecular formula is C14H17N3O. The normalized spacial score (nSPS) is 22.7. The molecule has 18 heavy (non-hydrogen) atoms. The van der Waals surface area contributed by atoms with Crippen LogP contribution in [0.25, 0.3) is 11.0 Å². The molecule has 1 fully saturated rings. The van der Waals surface area contributed by atoms with E-state index in [0.717, 1.165) is 41.8 Å². The highest BCUT2D eigenvalue weighted by atomic mass is 16.4. The maximum atomic E-state index is 9.18. The summed E-state index contributed by atoms with van der Waals surface area (Å²) in [6, 6.07) is 8.30. The number of aryl methyl sites for hydroxylation is 1. The predicted molar refractivity (Wildman–Crippen MR) is 71.2 cm³/mol. The number of benzene rings is 1. The molecule has 4 nitrogen and oxygen atoms in total. The van der Waals surface area contributed by atoms with E-state index in [1.807, 2.05) is 25.1 Å². The molecule has 0 unspecified atom stereocenters. The van der Waals surface area contributed by atoms with Gasteiger partial charge in [0, 0.05) is 0 Å². The van der Waals surface area contributed by atoms with Gasteiger partial charge in [-0.1, -0.05) is 23.7 Å². The van der Waals surface area contributed by atoms with Crippen LogP contribution in [0.4, 0.5) is 0 Å². The zero-order valence-corrected chi connectivity index (χ0v) is 10.5. The summed E-state index contributed by atoms with van der Waals surface area (Å²) in [5.41, 5.74) is 3.02. The van der Waals surface area contributed by atoms with Gasteiger partial charge in [0.15, 0.2) is 0 Å². The lowest BCUT2D eigenvalue weighted by Gasteiger charge is -2.25. The van der Waals surface area contributed by atoms with Crippen molar-refractivity contribution in [1.82, 2.24) is 9.55 Å². The topological polar surface area (TPSA) is 50.4 Å². The van der Waals surface area contributed by atoms with E-state index in [1.54, 1.807) is 0 Å². The molecule has 1 N–H and O–H groups in total. The molecule has 1 aliphatic carbocycles. The van der Waals surface area contributed by atoms with Crippen LogP contribution >= 0.6 is 0 Å². The Labute approximate surface area is 106 Å². The van der Waals surface area contributed by atoms with Crippen LogP contribution in [0.2, 0.25) is 0 Å². The molecule has 2 aromatic rings. The highest BCUT2D eigenvalue weighted by Crippen LogP contribution is 2.30. The van der Waals surface area contributed by atoms with E-state index in [4.69, 9.17) is 0 Å². The number of aromatic nitrogens is 2. The molecule has 1 aromatic heterocycles. The van der Waals surface area contributed by atoms with Gasteiger partial charge in [0.1, 0.15) is 5.82 Å². The summed E-state index contributed by atoms with van der Waals surface area (Å²) < 4.78 is 2.21. The molecular weight excluding hydrogens is 226 g/mol. The molecule has 0 bridgehead atoms. The monoisotopic (exact) mass is 243 g/mol. The summed E-state index contributed by atoms with van der Waals surface area (Å²) in [6.07, 6.45) is 4.20. The van der Waals surface area contributed by atoms with Crippen molar-refractivity contribution in [1.29, 1.82) is 0 Å². The van der Waals surface area contributed by atoms with Gasteiger partial charge < -0.3 is 9.77 Å². The largest absolute Gasteiger partial charge is 0.411 e. The smallest absolute Gasteiger partial charge is 0.107 e. The minimum absolute atomic E-state index is 0.163. The maximum absolute atomic E-state index is 9.18. The summed E-state index contributed by atoms with van der Waals surface area (Å²) in [5.74, 6) is 0.990. The van der Waals surface area contributed by atoms with Crippen LogP contribution in [-0.2, 0) is 0 Å². The Morgan fingerprint density at radius 1 is 1.33 bits per heavy atom. The summed E-state index contributed by atoms with van der Waals surface area (Å²) in [5, 5.41) is 12.7. The second-order valence-electron chi connectivity index (χ2n) is 4.87. The van der Waals surface area contributed by atoms with Crippen LogP contribution in [0.1, 0.15) is 37.5 Å². The molecule has 1 atom stereocenters. The van der Waals surface area contributed by atoms with Crippen molar-refractivity contribution in [2.75, 3.05) is 0 Å². The Bertz CT molecular complexity index is 600. The molecule has 0 amide bonds. The van der Waals surface area contributed by atoms with Crippen molar-refractivity contribution in [2.45, 2.75) is 38.6 Å². The number of rotatable bonds is 1. The van der Waals surface area contributed by atoms with Gasteiger partial charge >= 0.3 is 0 Å². The Morgan fingerprint density at radius 2 is 2.17 bits per heavy atom. The standard InChI is InChI=1S/C14H17N3O/c1-10-15-11-6-2-4-8-13(11)17(10)14-9-5-3-7-12(14)16-18/h2,4,6,8,14,18H,3,5,7,9H2,1H3/b16-12-/t14-/m0/s1. The molecule has 1 saturated carbocycles. The molecule has 1 aliphatic rings. The number of para-hydroxylation sites is 2. The van der Waals surface area contributed by atoms with Crippen LogP contribution in [0.3, 0.4) is 0 Å². The van der Waals surface area contributed by atoms with Crippen molar-refractivity contribution >= 4 is 16.7 Å². The number of oxime groups is 1. The minimum Gasteiger partial charge on any atom is -0.411 e. The van der Waals surface area contributed by atoms with E-state index in [0.29, 0.717) is 0 Å². The van der Waals surface area contributed by atoms with Crippen LogP contribution in [0.5, 0.6) is 0 Å². The zero-order chi connectivity index (χ0) is 12.5. The maximum Gasteiger partial charge on any atom is 0.107 e. The lowest BCUT2D eigenvalue weighted by Crippen LogP contribution is -2.24. The van der Waals surface area contributed by atoms with Gasteiger partial charge in [0.2, 0.25) is 0 Å². The third-order valence-electron chi connectivity index (χ3n) is 3.76. The van der Waals surface area contributed by atoms with Gasteiger partial charge in [0.05, 0.1) is 22.8 Å². The highest BCUT2D eigenvalue weighted by molar-refractivity contribution is 5.90. The third-order valence-corrected chi connectivity index (χ3v) is 3.76. The van der Waals surface area contributed by atoms with Crippen molar-refractivity contribution in [3.05, 3.63) is 30.1 Å². The van der Waals surface area contributed by atoms with E-state index >= 15 is 0 Å². The van der Waals surface area contributed by atoms with Crippen LogP contribution in [0, 0.1) is 6.92 Å². The second-order valence-corrected chi connectivity index (χ2v) is 4.87.